The Morgan fingerprint density at radius 3 is 3.00 bits per heavy atom. The van der Waals surface area contributed by atoms with E-state index in [0.29, 0.717) is 12.2 Å². The Labute approximate surface area is 123 Å². The van der Waals surface area contributed by atoms with Gasteiger partial charge >= 0.3 is 0 Å². The van der Waals surface area contributed by atoms with Crippen LogP contribution in [-0.2, 0) is 9.47 Å². The van der Waals surface area contributed by atoms with Gasteiger partial charge < -0.3 is 19.0 Å². The van der Waals surface area contributed by atoms with E-state index in [1.165, 1.54) is 12.7 Å². The van der Waals surface area contributed by atoms with E-state index in [9.17, 15) is 5.11 Å². The van der Waals surface area contributed by atoms with Gasteiger partial charge in [-0.2, -0.15) is 0 Å². The maximum Gasteiger partial charge on any atom is 0.182 e. The van der Waals surface area contributed by atoms with Gasteiger partial charge in [0.05, 0.1) is 17.9 Å². The predicted molar refractivity (Wildman–Crippen MR) is 79.8 cm³/mol. The summed E-state index contributed by atoms with van der Waals surface area (Å²) in [5.41, 5.74) is 3.40. The van der Waals surface area contributed by atoms with Gasteiger partial charge in [-0.1, -0.05) is 0 Å². The van der Waals surface area contributed by atoms with E-state index in [1.54, 1.807) is 0 Å². The Balaban J connectivity index is 1.99. The minimum Gasteiger partial charge on any atom is -0.371 e. The van der Waals surface area contributed by atoms with Gasteiger partial charge in [0.15, 0.2) is 6.29 Å². The Bertz CT molecular complexity index is 688. The number of aromatic nitrogens is 2. The molecule has 0 saturated heterocycles. The van der Waals surface area contributed by atoms with Crippen molar-refractivity contribution in [2.75, 3.05) is 13.7 Å². The van der Waals surface area contributed by atoms with Crippen molar-refractivity contribution in [1.82, 2.24) is 9.38 Å². The topological polar surface area (TPSA) is 56.0 Å². The predicted octanol–water partition coefficient (Wildman–Crippen LogP) is 2.55. The van der Waals surface area contributed by atoms with E-state index in [2.05, 4.69) is 24.9 Å². The van der Waals surface area contributed by atoms with Crippen LogP contribution in [0.3, 0.4) is 0 Å². The molecule has 0 radical (unpaired) electrons. The molecule has 0 spiro atoms. The lowest BCUT2D eigenvalue weighted by Crippen LogP contribution is -2.26. The smallest absolute Gasteiger partial charge is 0.182 e. The number of rotatable bonds is 3. The van der Waals surface area contributed by atoms with Crippen molar-refractivity contribution >= 4 is 11.2 Å². The highest BCUT2D eigenvalue weighted by molar-refractivity contribution is 5.66. The Morgan fingerprint density at radius 2 is 2.29 bits per heavy atom. The van der Waals surface area contributed by atoms with Gasteiger partial charge in [-0.3, -0.25) is 0 Å². The SMILES string of the molecule is COC(O)c1cc2nc(C3=CC(C)(C)OCC3)ccn2c1. The number of nitrogens with zero attached hydrogens (tertiary/aromatic N) is 2. The van der Waals surface area contributed by atoms with E-state index < -0.39 is 6.29 Å². The van der Waals surface area contributed by atoms with Crippen LogP contribution in [0, 0.1) is 0 Å². The molecule has 0 bridgehead atoms. The molecule has 2 aromatic rings. The van der Waals surface area contributed by atoms with Crippen molar-refractivity contribution in [2.45, 2.75) is 32.2 Å². The van der Waals surface area contributed by atoms with Crippen LogP contribution in [-0.4, -0.2) is 33.8 Å². The van der Waals surface area contributed by atoms with Crippen LogP contribution in [0.1, 0.15) is 37.8 Å². The minimum atomic E-state index is -0.920. The lowest BCUT2D eigenvalue weighted by atomic mass is 9.97. The van der Waals surface area contributed by atoms with Crippen LogP contribution in [0.4, 0.5) is 0 Å². The molecule has 1 aliphatic rings. The van der Waals surface area contributed by atoms with E-state index in [-0.39, 0.29) is 5.60 Å². The van der Waals surface area contributed by atoms with Crippen LogP contribution >= 0.6 is 0 Å². The second-order valence-electron chi connectivity index (χ2n) is 5.81. The first kappa shape index (κ1) is 14.3. The molecule has 1 unspecified atom stereocenters. The summed E-state index contributed by atoms with van der Waals surface area (Å²) in [6.07, 6.45) is 5.84. The molecule has 0 saturated carbocycles. The van der Waals surface area contributed by atoms with Gasteiger partial charge in [0.25, 0.3) is 0 Å². The molecule has 0 amide bonds. The monoisotopic (exact) mass is 288 g/mol. The molecule has 5 nitrogen and oxygen atoms in total. The summed E-state index contributed by atoms with van der Waals surface area (Å²) in [7, 11) is 1.47. The summed E-state index contributed by atoms with van der Waals surface area (Å²) >= 11 is 0. The molecule has 0 aromatic carbocycles. The third kappa shape index (κ3) is 2.85. The first-order valence-corrected chi connectivity index (χ1v) is 7.04. The summed E-state index contributed by atoms with van der Waals surface area (Å²) in [6.45, 7) is 4.81. The van der Waals surface area contributed by atoms with Crippen LogP contribution < -0.4 is 0 Å². The van der Waals surface area contributed by atoms with Crippen molar-refractivity contribution in [1.29, 1.82) is 0 Å². The molecule has 21 heavy (non-hydrogen) atoms. The zero-order valence-corrected chi connectivity index (χ0v) is 12.5. The van der Waals surface area contributed by atoms with Gasteiger partial charge in [-0.15, -0.1) is 0 Å². The molecule has 112 valence electrons. The number of aliphatic hydroxyl groups excluding tert-OH is 1. The molecule has 1 N–H and O–H groups in total. The van der Waals surface area contributed by atoms with E-state index in [0.717, 1.165) is 17.8 Å². The van der Waals surface area contributed by atoms with Crippen LogP contribution in [0.2, 0.25) is 0 Å². The maximum atomic E-state index is 9.73. The molecule has 5 heteroatoms. The summed E-state index contributed by atoms with van der Waals surface area (Å²) in [5.74, 6) is 0. The summed E-state index contributed by atoms with van der Waals surface area (Å²) < 4.78 is 12.5. The van der Waals surface area contributed by atoms with E-state index >= 15 is 0 Å². The lowest BCUT2D eigenvalue weighted by molar-refractivity contribution is -0.0768. The van der Waals surface area contributed by atoms with Crippen LogP contribution in [0.5, 0.6) is 0 Å². The number of fused-ring (bicyclic) bond motifs is 1. The van der Waals surface area contributed by atoms with Gasteiger partial charge in [0.2, 0.25) is 0 Å². The Hall–Kier alpha value is -1.69. The molecular formula is C16H20N2O3. The molecule has 3 rings (SSSR count). The Morgan fingerprint density at radius 1 is 1.48 bits per heavy atom. The van der Waals surface area contributed by atoms with Gasteiger partial charge in [0.1, 0.15) is 5.65 Å². The fraction of sp³-hybridized carbons (Fsp3) is 0.438. The molecular weight excluding hydrogens is 268 g/mol. The second kappa shape index (κ2) is 5.26. The van der Waals surface area contributed by atoms with Crippen LogP contribution in [0.25, 0.3) is 11.2 Å². The van der Waals surface area contributed by atoms with Crippen LogP contribution in [0.15, 0.2) is 30.6 Å². The van der Waals surface area contributed by atoms with Crippen molar-refractivity contribution in [3.63, 3.8) is 0 Å². The van der Waals surface area contributed by atoms with E-state index in [1.807, 2.05) is 28.9 Å². The zero-order valence-electron chi connectivity index (χ0n) is 12.5. The van der Waals surface area contributed by atoms with Gasteiger partial charge in [-0.25, -0.2) is 4.98 Å². The second-order valence-corrected chi connectivity index (χ2v) is 5.81. The van der Waals surface area contributed by atoms with Gasteiger partial charge in [0, 0.05) is 25.1 Å². The average molecular weight is 288 g/mol. The molecule has 1 atom stereocenters. The molecule has 1 aliphatic heterocycles. The minimum absolute atomic E-state index is 0.249. The van der Waals surface area contributed by atoms with Crippen molar-refractivity contribution in [2.24, 2.45) is 0 Å². The summed E-state index contributed by atoms with van der Waals surface area (Å²) in [4.78, 5) is 4.67. The number of aliphatic hydroxyl groups is 1. The largest absolute Gasteiger partial charge is 0.371 e. The summed E-state index contributed by atoms with van der Waals surface area (Å²) in [6, 6.07) is 3.83. The Kier molecular flexibility index (Phi) is 3.57. The molecule has 3 heterocycles. The quantitative estimate of drug-likeness (QED) is 0.882. The summed E-state index contributed by atoms with van der Waals surface area (Å²) in [5, 5.41) is 9.73. The number of ether oxygens (including phenoxy) is 2. The fourth-order valence-electron chi connectivity index (χ4n) is 2.62. The first-order valence-electron chi connectivity index (χ1n) is 7.04. The van der Waals surface area contributed by atoms with Crippen molar-refractivity contribution < 1.29 is 14.6 Å². The lowest BCUT2D eigenvalue weighted by Gasteiger charge is -2.28. The number of methoxy groups -OCH3 is 1. The number of hydrogen-bond donors (Lipinski definition) is 1. The number of hydrogen-bond acceptors (Lipinski definition) is 4. The first-order chi connectivity index (χ1) is 9.98. The van der Waals surface area contributed by atoms with Gasteiger partial charge in [-0.05, 0) is 44.1 Å². The van der Waals surface area contributed by atoms with Crippen molar-refractivity contribution in [3.05, 3.63) is 41.9 Å². The highest BCUT2D eigenvalue weighted by Gasteiger charge is 2.22. The standard InChI is InChI=1S/C16H20N2O3/c1-16(2)9-11(5-7-21-16)13-4-6-18-10-12(15(19)20-3)8-14(18)17-13/h4,6,8-10,15,19H,5,7H2,1-3H3. The molecule has 0 fully saturated rings. The average Bonchev–Trinajstić information content (AvgIpc) is 2.88. The zero-order chi connectivity index (χ0) is 15.0. The van der Waals surface area contributed by atoms with Crippen molar-refractivity contribution in [3.8, 4) is 0 Å². The third-order valence-corrected chi connectivity index (χ3v) is 3.68. The highest BCUT2D eigenvalue weighted by atomic mass is 16.6. The molecule has 0 aliphatic carbocycles. The van der Waals surface area contributed by atoms with E-state index in [4.69, 9.17) is 9.47 Å². The third-order valence-electron chi connectivity index (χ3n) is 3.68. The highest BCUT2D eigenvalue weighted by Crippen LogP contribution is 2.28. The molecule has 2 aromatic heterocycles. The maximum absolute atomic E-state index is 9.73. The normalized spacial score (nSPS) is 19.5. The fourth-order valence-corrected chi connectivity index (χ4v) is 2.62.